The number of hydrogen-bond acceptors (Lipinski definition) is 3. The maximum Gasteiger partial charge on any atom is 0.226 e. The summed E-state index contributed by atoms with van der Waals surface area (Å²) in [6.45, 7) is 2.17. The van der Waals surface area contributed by atoms with Crippen molar-refractivity contribution in [3.63, 3.8) is 0 Å². The molecule has 0 spiro atoms. The van der Waals surface area contributed by atoms with Crippen LogP contribution in [0, 0.1) is 12.7 Å². The van der Waals surface area contributed by atoms with E-state index in [1.807, 2.05) is 6.92 Å². The zero-order chi connectivity index (χ0) is 16.8. The zero-order valence-corrected chi connectivity index (χ0v) is 13.7. The van der Waals surface area contributed by atoms with Gasteiger partial charge in [0.1, 0.15) is 11.6 Å². The second-order valence-corrected chi connectivity index (χ2v) is 5.41. The number of halogens is 2. The van der Waals surface area contributed by atoms with E-state index in [9.17, 15) is 9.18 Å². The van der Waals surface area contributed by atoms with E-state index in [4.69, 9.17) is 16.3 Å². The van der Waals surface area contributed by atoms with Crippen molar-refractivity contribution < 1.29 is 13.9 Å². The van der Waals surface area contributed by atoms with Crippen molar-refractivity contribution in [2.75, 3.05) is 24.3 Å². The summed E-state index contributed by atoms with van der Waals surface area (Å²) < 4.78 is 18.7. The number of carbonyl (C=O) groups is 1. The molecule has 0 bridgehead atoms. The third-order valence-electron chi connectivity index (χ3n) is 3.30. The Balaban J connectivity index is 1.93. The highest BCUT2D eigenvalue weighted by atomic mass is 35.5. The van der Waals surface area contributed by atoms with Crippen molar-refractivity contribution in [2.24, 2.45) is 0 Å². The largest absolute Gasteiger partial charge is 0.495 e. The van der Waals surface area contributed by atoms with Crippen LogP contribution in [0.2, 0.25) is 5.02 Å². The Kier molecular flexibility index (Phi) is 5.82. The molecular formula is C17H18ClFN2O2. The van der Waals surface area contributed by atoms with Crippen LogP contribution in [0.15, 0.2) is 36.4 Å². The van der Waals surface area contributed by atoms with Gasteiger partial charge in [-0.3, -0.25) is 4.79 Å². The van der Waals surface area contributed by atoms with Crippen LogP contribution >= 0.6 is 11.6 Å². The van der Waals surface area contributed by atoms with Gasteiger partial charge in [0.05, 0.1) is 18.5 Å². The van der Waals surface area contributed by atoms with E-state index in [0.29, 0.717) is 28.7 Å². The lowest BCUT2D eigenvalue weighted by molar-refractivity contribution is -0.116. The first-order valence-electron chi connectivity index (χ1n) is 7.13. The van der Waals surface area contributed by atoms with E-state index in [0.717, 1.165) is 5.56 Å². The highest BCUT2D eigenvalue weighted by molar-refractivity contribution is 6.31. The molecule has 23 heavy (non-hydrogen) atoms. The van der Waals surface area contributed by atoms with Gasteiger partial charge in [-0.05, 0) is 30.7 Å². The first kappa shape index (κ1) is 17.1. The summed E-state index contributed by atoms with van der Waals surface area (Å²) in [7, 11) is 1.51. The average Bonchev–Trinajstić information content (AvgIpc) is 2.52. The minimum Gasteiger partial charge on any atom is -0.495 e. The van der Waals surface area contributed by atoms with Crippen LogP contribution in [0.5, 0.6) is 5.75 Å². The van der Waals surface area contributed by atoms with Gasteiger partial charge in [-0.2, -0.15) is 0 Å². The van der Waals surface area contributed by atoms with Gasteiger partial charge in [0, 0.05) is 24.1 Å². The molecule has 0 saturated carbocycles. The highest BCUT2D eigenvalue weighted by Gasteiger charge is 2.10. The summed E-state index contributed by atoms with van der Waals surface area (Å²) in [5, 5.41) is 6.24. The van der Waals surface area contributed by atoms with E-state index >= 15 is 0 Å². The molecule has 2 rings (SSSR count). The Labute approximate surface area is 139 Å². The molecule has 0 radical (unpaired) electrons. The van der Waals surface area contributed by atoms with Crippen LogP contribution < -0.4 is 15.4 Å². The fourth-order valence-corrected chi connectivity index (χ4v) is 2.21. The van der Waals surface area contributed by atoms with Gasteiger partial charge in [0.2, 0.25) is 5.91 Å². The van der Waals surface area contributed by atoms with Gasteiger partial charge in [-0.15, -0.1) is 0 Å². The van der Waals surface area contributed by atoms with Crippen molar-refractivity contribution in [3.05, 3.63) is 52.8 Å². The molecule has 0 aromatic heterocycles. The van der Waals surface area contributed by atoms with Crippen molar-refractivity contribution in [2.45, 2.75) is 13.3 Å². The van der Waals surface area contributed by atoms with Crippen LogP contribution in [0.1, 0.15) is 12.0 Å². The van der Waals surface area contributed by atoms with Crippen molar-refractivity contribution in [1.29, 1.82) is 0 Å². The molecular weight excluding hydrogens is 319 g/mol. The third-order valence-corrected chi connectivity index (χ3v) is 3.70. The van der Waals surface area contributed by atoms with Crippen molar-refractivity contribution in [1.82, 2.24) is 0 Å². The van der Waals surface area contributed by atoms with E-state index in [1.165, 1.54) is 13.2 Å². The number of methoxy groups -OCH3 is 1. The Bertz CT molecular complexity index is 707. The highest BCUT2D eigenvalue weighted by Crippen LogP contribution is 2.30. The number of benzene rings is 2. The standard InChI is InChI=1S/C17H18ClFN2O2/c1-11-9-15(16(23-2)10-12(11)18)21-17(22)7-8-20-14-6-4-3-5-13(14)19/h3-6,9-10,20H,7-8H2,1-2H3,(H,21,22). The van der Waals surface area contributed by atoms with Gasteiger partial charge < -0.3 is 15.4 Å². The van der Waals surface area contributed by atoms with Crippen LogP contribution in [0.25, 0.3) is 0 Å². The van der Waals surface area contributed by atoms with E-state index in [2.05, 4.69) is 10.6 Å². The molecule has 0 aliphatic carbocycles. The number of hydrogen-bond donors (Lipinski definition) is 2. The molecule has 0 aliphatic rings. The normalized spacial score (nSPS) is 10.3. The Morgan fingerprint density at radius 1 is 1.26 bits per heavy atom. The monoisotopic (exact) mass is 336 g/mol. The summed E-state index contributed by atoms with van der Waals surface area (Å²) >= 11 is 6.03. The second-order valence-electron chi connectivity index (χ2n) is 5.01. The topological polar surface area (TPSA) is 50.4 Å². The van der Waals surface area contributed by atoms with E-state index < -0.39 is 0 Å². The molecule has 122 valence electrons. The Morgan fingerprint density at radius 2 is 2.00 bits per heavy atom. The zero-order valence-electron chi connectivity index (χ0n) is 13.0. The number of ether oxygens (including phenoxy) is 1. The molecule has 2 aromatic rings. The predicted octanol–water partition coefficient (Wildman–Crippen LogP) is 4.24. The fraction of sp³-hybridized carbons (Fsp3) is 0.235. The molecule has 0 heterocycles. The minimum absolute atomic E-state index is 0.194. The summed E-state index contributed by atoms with van der Waals surface area (Å²) in [6.07, 6.45) is 0.194. The van der Waals surface area contributed by atoms with Crippen LogP contribution in [0.3, 0.4) is 0 Å². The predicted molar refractivity (Wildman–Crippen MR) is 90.9 cm³/mol. The maximum absolute atomic E-state index is 13.4. The molecule has 0 aliphatic heterocycles. The van der Waals surface area contributed by atoms with Gasteiger partial charge in [0.25, 0.3) is 0 Å². The minimum atomic E-state index is -0.345. The summed E-state index contributed by atoms with van der Waals surface area (Å²) in [4.78, 5) is 12.0. The van der Waals surface area contributed by atoms with E-state index in [1.54, 1.807) is 30.3 Å². The Hall–Kier alpha value is -2.27. The van der Waals surface area contributed by atoms with Gasteiger partial charge in [-0.25, -0.2) is 4.39 Å². The number of anilines is 2. The number of aryl methyl sites for hydroxylation is 1. The lowest BCUT2D eigenvalue weighted by Crippen LogP contribution is -2.17. The van der Waals surface area contributed by atoms with Crippen LogP contribution in [-0.4, -0.2) is 19.6 Å². The second kappa shape index (κ2) is 7.83. The van der Waals surface area contributed by atoms with Gasteiger partial charge >= 0.3 is 0 Å². The first-order chi connectivity index (χ1) is 11.0. The summed E-state index contributed by atoms with van der Waals surface area (Å²) in [6, 6.07) is 9.74. The van der Waals surface area contributed by atoms with Gasteiger partial charge in [0.15, 0.2) is 0 Å². The maximum atomic E-state index is 13.4. The lowest BCUT2D eigenvalue weighted by atomic mass is 10.2. The molecule has 2 N–H and O–H groups in total. The molecule has 0 atom stereocenters. The number of rotatable bonds is 6. The van der Waals surface area contributed by atoms with Crippen molar-refractivity contribution >= 4 is 28.9 Å². The molecule has 0 saturated heterocycles. The third kappa shape index (κ3) is 4.60. The number of carbonyl (C=O) groups excluding carboxylic acids is 1. The lowest BCUT2D eigenvalue weighted by Gasteiger charge is -2.13. The van der Waals surface area contributed by atoms with Gasteiger partial charge in [-0.1, -0.05) is 23.7 Å². The molecule has 1 amide bonds. The fourth-order valence-electron chi connectivity index (χ4n) is 2.06. The number of para-hydroxylation sites is 1. The number of amides is 1. The summed E-state index contributed by atoms with van der Waals surface area (Å²) in [5.74, 6) is -0.0484. The van der Waals surface area contributed by atoms with Crippen LogP contribution in [0.4, 0.5) is 15.8 Å². The van der Waals surface area contributed by atoms with Crippen LogP contribution in [-0.2, 0) is 4.79 Å². The quantitative estimate of drug-likeness (QED) is 0.829. The molecule has 0 unspecified atom stereocenters. The first-order valence-corrected chi connectivity index (χ1v) is 7.51. The Morgan fingerprint density at radius 3 is 2.70 bits per heavy atom. The molecule has 0 fully saturated rings. The molecule has 2 aromatic carbocycles. The molecule has 6 heteroatoms. The summed E-state index contributed by atoms with van der Waals surface area (Å²) in [5.41, 5.74) is 1.78. The smallest absolute Gasteiger partial charge is 0.226 e. The SMILES string of the molecule is COc1cc(Cl)c(C)cc1NC(=O)CCNc1ccccc1F. The molecule has 4 nitrogen and oxygen atoms in total. The number of nitrogens with one attached hydrogen (secondary N) is 2. The van der Waals surface area contributed by atoms with E-state index in [-0.39, 0.29) is 18.1 Å². The average molecular weight is 337 g/mol. The van der Waals surface area contributed by atoms with Crippen molar-refractivity contribution in [3.8, 4) is 5.75 Å².